The molecule has 0 aliphatic carbocycles. The second-order valence-electron chi connectivity index (χ2n) is 0.858. The molecule has 8 heavy (non-hydrogen) atoms. The first-order valence-electron chi connectivity index (χ1n) is 1.65. The van der Waals surface area contributed by atoms with Gasteiger partial charge >= 0.3 is 7.54 Å². The van der Waals surface area contributed by atoms with Crippen molar-refractivity contribution in [1.82, 2.24) is 0 Å². The van der Waals surface area contributed by atoms with Crippen molar-refractivity contribution in [2.45, 2.75) is 6.92 Å². The molecule has 0 aromatic carbocycles. The summed E-state index contributed by atoms with van der Waals surface area (Å²) in [6.45, 7) is 1.31. The molecule has 48 valence electrons. The Morgan fingerprint density at radius 3 is 1.50 bits per heavy atom. The van der Waals surface area contributed by atoms with E-state index < -0.39 is 7.54 Å². The Hall–Kier alpha value is -0.675. The molecule has 0 bridgehead atoms. The highest BCUT2D eigenvalue weighted by molar-refractivity contribution is 6.33. The smallest absolute Gasteiger partial charge is 0.370 e. The maximum absolute atomic E-state index is 9.67. The van der Waals surface area contributed by atoms with Gasteiger partial charge in [0.1, 0.15) is 0 Å². The summed E-state index contributed by atoms with van der Waals surface area (Å²) < 4.78 is 29.0. The van der Waals surface area contributed by atoms with E-state index in [4.69, 9.17) is 0 Å². The number of primary amides is 1. The minimum absolute atomic E-state index is 0.333. The monoisotopic (exact) mass is 127 g/mol. The van der Waals surface area contributed by atoms with Gasteiger partial charge in [0.05, 0.1) is 0 Å². The molecule has 0 fully saturated rings. The number of rotatable bonds is 0. The molecule has 0 aliphatic heterocycles. The molecule has 0 saturated carbocycles. The predicted octanol–water partition coefficient (Wildman–Crippen LogP) is 0.371. The molecule has 0 aromatic heterocycles. The third-order valence-corrected chi connectivity index (χ3v) is 0. The van der Waals surface area contributed by atoms with Crippen LogP contribution < -0.4 is 5.73 Å². The first kappa shape index (κ1) is 10.3. The number of nitrogens with two attached hydrogens (primary N) is 1. The van der Waals surface area contributed by atoms with Crippen molar-refractivity contribution in [1.29, 1.82) is 0 Å². The summed E-state index contributed by atoms with van der Waals surface area (Å²) in [4.78, 5) is 9.22. The van der Waals surface area contributed by atoms with Crippen LogP contribution in [0, 0.1) is 0 Å². The summed E-state index contributed by atoms with van der Waals surface area (Å²) in [6.07, 6.45) is 0. The van der Waals surface area contributed by atoms with E-state index >= 15 is 0 Å². The van der Waals surface area contributed by atoms with Crippen LogP contribution in [0.2, 0.25) is 0 Å². The average Bonchev–Trinajstić information content (AvgIpc) is 1.25. The maximum Gasteiger partial charge on any atom is 0.762 e. The maximum atomic E-state index is 9.67. The lowest BCUT2D eigenvalue weighted by molar-refractivity contribution is -0.115. The molecular formula is C2H5BF3NO. The Balaban J connectivity index is 0. The summed E-state index contributed by atoms with van der Waals surface area (Å²) in [7, 11) is -3.67. The van der Waals surface area contributed by atoms with E-state index in [1.165, 1.54) is 6.92 Å². The molecule has 0 saturated heterocycles. The van der Waals surface area contributed by atoms with Gasteiger partial charge in [-0.15, -0.1) is 0 Å². The van der Waals surface area contributed by atoms with Crippen LogP contribution in [0.25, 0.3) is 0 Å². The van der Waals surface area contributed by atoms with Gasteiger partial charge in [0.25, 0.3) is 0 Å². The third kappa shape index (κ3) is 219. The van der Waals surface area contributed by atoms with Gasteiger partial charge in [-0.2, -0.15) is 0 Å². The SMILES string of the molecule is CC(N)=O.FB(F)F. The van der Waals surface area contributed by atoms with E-state index in [9.17, 15) is 17.7 Å². The second-order valence-corrected chi connectivity index (χ2v) is 0.858. The third-order valence-electron chi connectivity index (χ3n) is 0. The van der Waals surface area contributed by atoms with Crippen LogP contribution in [0.1, 0.15) is 6.92 Å². The Kier molecular flexibility index (Phi) is 8.17. The highest BCUT2D eigenvalue weighted by Gasteiger charge is 2.06. The van der Waals surface area contributed by atoms with E-state index in [1.54, 1.807) is 0 Å². The Morgan fingerprint density at radius 2 is 1.50 bits per heavy atom. The highest BCUT2D eigenvalue weighted by atomic mass is 19.4. The molecule has 0 spiro atoms. The zero-order valence-corrected chi connectivity index (χ0v) is 4.20. The van der Waals surface area contributed by atoms with Gasteiger partial charge in [-0.05, 0) is 0 Å². The minimum atomic E-state index is -3.67. The lowest BCUT2D eigenvalue weighted by Gasteiger charge is -1.60. The highest BCUT2D eigenvalue weighted by Crippen LogP contribution is 1.80. The van der Waals surface area contributed by atoms with Crippen LogP contribution in [0.15, 0.2) is 0 Å². The van der Waals surface area contributed by atoms with E-state index in [2.05, 4.69) is 5.73 Å². The Morgan fingerprint density at radius 1 is 1.50 bits per heavy atom. The van der Waals surface area contributed by atoms with Crippen molar-refractivity contribution < 1.29 is 17.7 Å². The van der Waals surface area contributed by atoms with Crippen LogP contribution in [0.4, 0.5) is 12.9 Å². The van der Waals surface area contributed by atoms with Gasteiger partial charge in [0, 0.05) is 6.92 Å². The van der Waals surface area contributed by atoms with Crippen LogP contribution in [0.5, 0.6) is 0 Å². The number of amides is 1. The quantitative estimate of drug-likeness (QED) is 0.469. The first-order valence-corrected chi connectivity index (χ1v) is 1.65. The number of carbonyl (C=O) groups excluding carboxylic acids is 1. The van der Waals surface area contributed by atoms with Crippen LogP contribution in [0.3, 0.4) is 0 Å². The number of hydrogen-bond donors (Lipinski definition) is 1. The second kappa shape index (κ2) is 6.32. The van der Waals surface area contributed by atoms with Crippen molar-refractivity contribution in [2.24, 2.45) is 5.73 Å². The van der Waals surface area contributed by atoms with Gasteiger partial charge in [-0.1, -0.05) is 0 Å². The van der Waals surface area contributed by atoms with E-state index in [-0.39, 0.29) is 5.91 Å². The molecule has 1 amide bonds. The van der Waals surface area contributed by atoms with Crippen molar-refractivity contribution in [3.05, 3.63) is 0 Å². The molecule has 6 heteroatoms. The largest absolute Gasteiger partial charge is 0.762 e. The summed E-state index contributed by atoms with van der Waals surface area (Å²) >= 11 is 0. The first-order chi connectivity index (χ1) is 3.46. The van der Waals surface area contributed by atoms with Gasteiger partial charge in [0.15, 0.2) is 0 Å². The van der Waals surface area contributed by atoms with Gasteiger partial charge in [0.2, 0.25) is 5.91 Å². The van der Waals surface area contributed by atoms with E-state index in [0.29, 0.717) is 0 Å². The molecule has 0 unspecified atom stereocenters. The molecule has 0 rings (SSSR count). The van der Waals surface area contributed by atoms with Crippen molar-refractivity contribution in [2.75, 3.05) is 0 Å². The summed E-state index contributed by atoms with van der Waals surface area (Å²) in [5.41, 5.74) is 4.47. The zero-order chi connectivity index (χ0) is 7.15. The molecule has 0 heterocycles. The minimum Gasteiger partial charge on any atom is -0.370 e. The van der Waals surface area contributed by atoms with Crippen molar-refractivity contribution >= 4 is 13.5 Å². The normalized spacial score (nSPS) is 6.50. The molecule has 0 aliphatic rings. The fourth-order valence-corrected chi connectivity index (χ4v) is 0. The molecule has 0 atom stereocenters. The summed E-state index contributed by atoms with van der Waals surface area (Å²) in [6, 6.07) is 0. The lowest BCUT2D eigenvalue weighted by atomic mass is 10.5. The number of halogens is 3. The van der Waals surface area contributed by atoms with Gasteiger partial charge < -0.3 is 5.73 Å². The summed E-state index contributed by atoms with van der Waals surface area (Å²) in [5, 5.41) is 0. The Labute approximate surface area is 45.1 Å². The topological polar surface area (TPSA) is 43.1 Å². The van der Waals surface area contributed by atoms with Gasteiger partial charge in [-0.25, -0.2) is 0 Å². The molecule has 2 nitrogen and oxygen atoms in total. The number of hydrogen-bond acceptors (Lipinski definition) is 1. The van der Waals surface area contributed by atoms with E-state index in [1.807, 2.05) is 0 Å². The van der Waals surface area contributed by atoms with Crippen LogP contribution >= 0.6 is 0 Å². The Bertz CT molecular complexity index is 61.5. The molecule has 2 N–H and O–H groups in total. The van der Waals surface area contributed by atoms with Crippen molar-refractivity contribution in [3.8, 4) is 0 Å². The number of carbonyl (C=O) groups is 1. The molecule has 0 aromatic rings. The van der Waals surface area contributed by atoms with E-state index in [0.717, 1.165) is 0 Å². The molecular weight excluding hydrogens is 122 g/mol. The van der Waals surface area contributed by atoms with Crippen molar-refractivity contribution in [3.63, 3.8) is 0 Å². The van der Waals surface area contributed by atoms with Gasteiger partial charge in [-0.3, -0.25) is 17.7 Å². The molecule has 0 radical (unpaired) electrons. The predicted molar refractivity (Wildman–Crippen MR) is 23.9 cm³/mol. The fraction of sp³-hybridized carbons (Fsp3) is 0.500. The standard InChI is InChI=1S/C2H5NO.BF3/c1-2(3)4;2-1(3)4/h1H3,(H2,3,4);. The zero-order valence-electron chi connectivity index (χ0n) is 4.20. The van der Waals surface area contributed by atoms with Crippen LogP contribution in [-0.2, 0) is 4.79 Å². The van der Waals surface area contributed by atoms with Crippen LogP contribution in [-0.4, -0.2) is 13.5 Å². The average molecular weight is 127 g/mol. The summed E-state index contributed by atoms with van der Waals surface area (Å²) in [5.74, 6) is -0.333. The fourth-order valence-electron chi connectivity index (χ4n) is 0. The lowest BCUT2D eigenvalue weighted by Crippen LogP contribution is -2.01.